The third-order valence-corrected chi connectivity index (χ3v) is 5.64. The van der Waals surface area contributed by atoms with Crippen LogP contribution in [0.2, 0.25) is 0 Å². The van der Waals surface area contributed by atoms with Crippen molar-refractivity contribution in [3.8, 4) is 0 Å². The van der Waals surface area contributed by atoms with Crippen molar-refractivity contribution in [3.63, 3.8) is 0 Å². The summed E-state index contributed by atoms with van der Waals surface area (Å²) >= 11 is 0. The summed E-state index contributed by atoms with van der Waals surface area (Å²) in [7, 11) is 4.92. The molecule has 0 saturated carbocycles. The molecule has 0 bridgehead atoms. The molecular formula is C28H65NO5. The summed E-state index contributed by atoms with van der Waals surface area (Å²) in [5.74, 6) is 0.496. The SMILES string of the molecule is CCCCCCCC[C@H](C)[C@H](O)CCC.CCCCC[C@@H](O)CC.CN(C)CCOCO.CO. The van der Waals surface area contributed by atoms with Crippen LogP contribution in [0.1, 0.15) is 125 Å². The first-order chi connectivity index (χ1) is 16.3. The minimum atomic E-state index is -0.173. The summed E-state index contributed by atoms with van der Waals surface area (Å²) in [5, 5.41) is 34.0. The van der Waals surface area contributed by atoms with Crippen LogP contribution >= 0.6 is 0 Å². The lowest BCUT2D eigenvalue weighted by Gasteiger charge is -2.17. The molecule has 0 aromatic heterocycles. The third-order valence-electron chi connectivity index (χ3n) is 5.64. The quantitative estimate of drug-likeness (QED) is 0.130. The molecule has 4 N–H and O–H groups in total. The second-order valence-corrected chi connectivity index (χ2v) is 9.29. The van der Waals surface area contributed by atoms with E-state index in [0.29, 0.717) is 12.5 Å². The van der Waals surface area contributed by atoms with E-state index >= 15 is 0 Å². The highest BCUT2D eigenvalue weighted by molar-refractivity contribution is 4.64. The van der Waals surface area contributed by atoms with Crippen LogP contribution < -0.4 is 0 Å². The number of rotatable bonds is 19. The van der Waals surface area contributed by atoms with Gasteiger partial charge < -0.3 is 30.1 Å². The van der Waals surface area contributed by atoms with E-state index in [4.69, 9.17) is 15.3 Å². The number of nitrogens with zero attached hydrogens (tertiary/aromatic N) is 1. The van der Waals surface area contributed by atoms with Gasteiger partial charge in [0, 0.05) is 13.7 Å². The topological polar surface area (TPSA) is 93.4 Å². The molecular weight excluding hydrogens is 430 g/mol. The number of aliphatic hydroxyl groups is 4. The van der Waals surface area contributed by atoms with E-state index < -0.39 is 0 Å². The van der Waals surface area contributed by atoms with E-state index in [0.717, 1.165) is 39.3 Å². The normalized spacial score (nSPS) is 13.0. The first-order valence-electron chi connectivity index (χ1n) is 13.9. The van der Waals surface area contributed by atoms with Crippen molar-refractivity contribution in [2.45, 2.75) is 137 Å². The maximum atomic E-state index is 9.76. The number of hydrogen-bond donors (Lipinski definition) is 4. The van der Waals surface area contributed by atoms with Gasteiger partial charge in [-0.3, -0.25) is 0 Å². The molecule has 0 aromatic rings. The molecule has 3 atom stereocenters. The number of likely N-dealkylation sites (N-methyl/N-ethyl adjacent to an activating group) is 1. The molecule has 0 amide bonds. The minimum Gasteiger partial charge on any atom is -0.400 e. The van der Waals surface area contributed by atoms with Crippen LogP contribution in [0, 0.1) is 5.92 Å². The third kappa shape index (κ3) is 42.0. The summed E-state index contributed by atoms with van der Waals surface area (Å²) in [6, 6.07) is 0. The molecule has 34 heavy (non-hydrogen) atoms. The molecule has 212 valence electrons. The Balaban J connectivity index is -0.000000204. The fourth-order valence-electron chi connectivity index (χ4n) is 3.17. The van der Waals surface area contributed by atoms with Gasteiger partial charge in [0.15, 0.2) is 0 Å². The summed E-state index contributed by atoms with van der Waals surface area (Å²) in [6.07, 6.45) is 16.9. The average Bonchev–Trinajstić information content (AvgIpc) is 2.83. The second-order valence-electron chi connectivity index (χ2n) is 9.29. The van der Waals surface area contributed by atoms with E-state index in [9.17, 15) is 5.11 Å². The molecule has 0 aromatic carbocycles. The van der Waals surface area contributed by atoms with Crippen LogP contribution in [-0.4, -0.2) is 78.7 Å². The van der Waals surface area contributed by atoms with E-state index in [1.807, 2.05) is 25.9 Å². The molecule has 0 radical (unpaired) electrons. The number of unbranched alkanes of at least 4 members (excludes halogenated alkanes) is 7. The van der Waals surface area contributed by atoms with E-state index in [1.54, 1.807) is 0 Å². The number of aliphatic hydroxyl groups excluding tert-OH is 4. The highest BCUT2D eigenvalue weighted by atomic mass is 16.6. The van der Waals surface area contributed by atoms with E-state index in [2.05, 4.69) is 32.4 Å². The molecule has 6 heteroatoms. The van der Waals surface area contributed by atoms with Gasteiger partial charge in [-0.05, 0) is 45.7 Å². The lowest BCUT2D eigenvalue weighted by molar-refractivity contribution is -0.00616. The zero-order valence-corrected chi connectivity index (χ0v) is 24.4. The fourth-order valence-corrected chi connectivity index (χ4v) is 3.17. The summed E-state index contributed by atoms with van der Waals surface area (Å²) < 4.78 is 4.66. The maximum absolute atomic E-state index is 9.76. The van der Waals surface area contributed by atoms with Gasteiger partial charge in [-0.2, -0.15) is 0 Å². The van der Waals surface area contributed by atoms with Crippen molar-refractivity contribution in [2.75, 3.05) is 41.1 Å². The van der Waals surface area contributed by atoms with Crippen LogP contribution in [0.4, 0.5) is 0 Å². The van der Waals surface area contributed by atoms with Crippen molar-refractivity contribution in [1.29, 1.82) is 0 Å². The monoisotopic (exact) mass is 495 g/mol. The summed E-state index contributed by atoms with van der Waals surface area (Å²) in [5.41, 5.74) is 0. The second kappa shape index (κ2) is 37.3. The van der Waals surface area contributed by atoms with Crippen molar-refractivity contribution in [3.05, 3.63) is 0 Å². The van der Waals surface area contributed by atoms with Gasteiger partial charge in [-0.15, -0.1) is 0 Å². The number of ether oxygens (including phenoxy) is 1. The standard InChI is InChI=1S/C14H30O.C8H18O.C5H13NO2.CH4O/c1-4-6-7-8-9-10-12-13(3)14(15)11-5-2;1-3-5-6-7-8(9)4-2;1-6(2)3-4-8-5-7;1-2/h13-15H,4-12H2,1-3H3;8-9H,3-7H2,1-2H3;7H,3-5H2,1-2H3;2H,1H3/t13-,14+;8-;;/m00../s1. The van der Waals surface area contributed by atoms with Gasteiger partial charge in [0.25, 0.3) is 0 Å². The van der Waals surface area contributed by atoms with Gasteiger partial charge in [0.1, 0.15) is 6.79 Å². The highest BCUT2D eigenvalue weighted by Crippen LogP contribution is 2.17. The molecule has 0 fully saturated rings. The van der Waals surface area contributed by atoms with Crippen LogP contribution in [0.5, 0.6) is 0 Å². The molecule has 0 unspecified atom stereocenters. The smallest absolute Gasteiger partial charge is 0.143 e. The first-order valence-corrected chi connectivity index (χ1v) is 13.9. The molecule has 0 heterocycles. The zero-order valence-electron chi connectivity index (χ0n) is 24.4. The molecule has 0 rings (SSSR count). The van der Waals surface area contributed by atoms with Gasteiger partial charge >= 0.3 is 0 Å². The highest BCUT2D eigenvalue weighted by Gasteiger charge is 2.12. The Labute approximate surface area is 214 Å². The van der Waals surface area contributed by atoms with Gasteiger partial charge in [0.05, 0.1) is 18.8 Å². The lowest BCUT2D eigenvalue weighted by atomic mass is 9.94. The van der Waals surface area contributed by atoms with Crippen LogP contribution in [0.3, 0.4) is 0 Å². The Morgan fingerprint density at radius 1 is 0.706 bits per heavy atom. The predicted octanol–water partition coefficient (Wildman–Crippen LogP) is 5.99. The van der Waals surface area contributed by atoms with Crippen molar-refractivity contribution >= 4 is 0 Å². The maximum Gasteiger partial charge on any atom is 0.143 e. The summed E-state index contributed by atoms with van der Waals surface area (Å²) in [4.78, 5) is 2.00. The molecule has 0 spiro atoms. The predicted molar refractivity (Wildman–Crippen MR) is 148 cm³/mol. The molecule has 0 aliphatic rings. The van der Waals surface area contributed by atoms with Crippen molar-refractivity contribution in [2.24, 2.45) is 5.92 Å². The van der Waals surface area contributed by atoms with Gasteiger partial charge in [0.2, 0.25) is 0 Å². The minimum absolute atomic E-state index is 0.0449. The molecule has 0 aliphatic carbocycles. The average molecular weight is 496 g/mol. The van der Waals surface area contributed by atoms with E-state index in [1.165, 1.54) is 64.2 Å². The Kier molecular flexibility index (Phi) is 44.9. The fraction of sp³-hybridized carbons (Fsp3) is 1.00. The Hall–Kier alpha value is -0.240. The van der Waals surface area contributed by atoms with Crippen molar-refractivity contribution < 1.29 is 25.2 Å². The van der Waals surface area contributed by atoms with Crippen LogP contribution in [-0.2, 0) is 4.74 Å². The van der Waals surface area contributed by atoms with Gasteiger partial charge in [-0.25, -0.2) is 0 Å². The zero-order chi connectivity index (χ0) is 27.0. The number of hydrogen-bond acceptors (Lipinski definition) is 6. The Morgan fingerprint density at radius 3 is 1.68 bits per heavy atom. The molecule has 0 aliphatic heterocycles. The van der Waals surface area contributed by atoms with Crippen molar-refractivity contribution in [1.82, 2.24) is 4.90 Å². The van der Waals surface area contributed by atoms with Gasteiger partial charge in [-0.1, -0.05) is 98.8 Å². The Bertz CT molecular complexity index is 319. The lowest BCUT2D eigenvalue weighted by Crippen LogP contribution is -2.18. The van der Waals surface area contributed by atoms with Crippen LogP contribution in [0.15, 0.2) is 0 Å². The summed E-state index contributed by atoms with van der Waals surface area (Å²) in [6.45, 7) is 12.1. The van der Waals surface area contributed by atoms with Crippen LogP contribution in [0.25, 0.3) is 0 Å². The largest absolute Gasteiger partial charge is 0.400 e. The Morgan fingerprint density at radius 2 is 1.21 bits per heavy atom. The molecule has 6 nitrogen and oxygen atoms in total. The van der Waals surface area contributed by atoms with E-state index in [-0.39, 0.29) is 19.0 Å². The molecule has 0 saturated heterocycles. The first kappa shape index (κ1) is 40.9.